The number of carbonyl (C=O) groups is 2. The van der Waals surface area contributed by atoms with Gasteiger partial charge in [0.15, 0.2) is 12.0 Å². The number of nitrogens with one attached hydrogen (secondary N) is 1. The Balaban J connectivity index is 2.12. The van der Waals surface area contributed by atoms with Crippen LogP contribution in [0, 0.1) is 0 Å². The third-order valence-electron chi connectivity index (χ3n) is 3.24. The summed E-state index contributed by atoms with van der Waals surface area (Å²) in [6, 6.07) is 5.07. The highest BCUT2D eigenvalue weighted by molar-refractivity contribution is 5.69. The van der Waals surface area contributed by atoms with Gasteiger partial charge in [0.1, 0.15) is 12.6 Å². The number of ether oxygens (including phenoxy) is 1. The van der Waals surface area contributed by atoms with Crippen molar-refractivity contribution in [3.05, 3.63) is 48.1 Å². The molecule has 1 amide bonds. The zero-order chi connectivity index (χ0) is 16.5. The van der Waals surface area contributed by atoms with Crippen LogP contribution in [0.2, 0.25) is 0 Å². The molecule has 0 aliphatic rings. The first-order valence-electron chi connectivity index (χ1n) is 7.12. The summed E-state index contributed by atoms with van der Waals surface area (Å²) in [5.41, 5.74) is 3.81. The Bertz CT molecular complexity index is 603. The molecule has 1 unspecified atom stereocenters. The van der Waals surface area contributed by atoms with E-state index in [4.69, 9.17) is 9.26 Å². The van der Waals surface area contributed by atoms with Gasteiger partial charge in [-0.15, -0.1) is 0 Å². The minimum Gasteiger partial charge on any atom is -0.441 e. The van der Waals surface area contributed by atoms with E-state index in [1.54, 1.807) is 25.5 Å². The third-order valence-corrected chi connectivity index (χ3v) is 3.24. The van der Waals surface area contributed by atoms with Crippen molar-refractivity contribution >= 4 is 12.4 Å². The maximum Gasteiger partial charge on any atom is 0.425 e. The van der Waals surface area contributed by atoms with Gasteiger partial charge in [0.25, 0.3) is 0 Å². The summed E-state index contributed by atoms with van der Waals surface area (Å²) in [6.07, 6.45) is 6.09. The largest absolute Gasteiger partial charge is 0.441 e. The van der Waals surface area contributed by atoms with Gasteiger partial charge in [0.05, 0.1) is 6.20 Å². The number of rotatable bonds is 8. The second kappa shape index (κ2) is 8.64. The van der Waals surface area contributed by atoms with Gasteiger partial charge in [-0.25, -0.2) is 15.2 Å². The molecule has 0 fully saturated rings. The monoisotopic (exact) mass is 318 g/mol. The number of amides is 1. The maximum atomic E-state index is 12.1. The van der Waals surface area contributed by atoms with E-state index in [1.807, 2.05) is 12.1 Å². The Kier molecular flexibility index (Phi) is 6.25. The normalized spacial score (nSPS) is 11.7. The molecule has 0 radical (unpaired) electrons. The zero-order valence-electron chi connectivity index (χ0n) is 12.7. The average Bonchev–Trinajstić information content (AvgIpc) is 3.11. The Labute approximate surface area is 133 Å². The number of hydrogen-bond donors (Lipinski definition) is 1. The van der Waals surface area contributed by atoms with E-state index in [-0.39, 0.29) is 6.61 Å². The van der Waals surface area contributed by atoms with E-state index in [0.29, 0.717) is 24.9 Å². The van der Waals surface area contributed by atoms with Crippen LogP contribution in [0.15, 0.2) is 41.3 Å². The second-order valence-electron chi connectivity index (χ2n) is 4.67. The van der Waals surface area contributed by atoms with Crippen LogP contribution in [-0.2, 0) is 16.0 Å². The molecule has 2 heterocycles. The number of aryl methyl sites for hydroxylation is 1. The second-order valence-corrected chi connectivity index (χ2v) is 4.67. The van der Waals surface area contributed by atoms with Gasteiger partial charge in [-0.05, 0) is 24.5 Å². The lowest BCUT2D eigenvalue weighted by molar-refractivity contribution is -0.110. The molecule has 0 aromatic carbocycles. The fraction of sp³-hybridized carbons (Fsp3) is 0.333. The van der Waals surface area contributed by atoms with Crippen LogP contribution < -0.4 is 5.43 Å². The van der Waals surface area contributed by atoms with Gasteiger partial charge in [-0.3, -0.25) is 9.78 Å². The molecule has 0 saturated heterocycles. The van der Waals surface area contributed by atoms with Crippen LogP contribution in [0.5, 0.6) is 0 Å². The van der Waals surface area contributed by atoms with E-state index < -0.39 is 12.1 Å². The number of carbonyl (C=O) groups excluding carboxylic acids is 2. The molecule has 8 nitrogen and oxygen atoms in total. The lowest BCUT2D eigenvalue weighted by atomic mass is 10.0. The van der Waals surface area contributed by atoms with Crippen molar-refractivity contribution in [2.45, 2.75) is 18.9 Å². The van der Waals surface area contributed by atoms with Crippen LogP contribution >= 0.6 is 0 Å². The fourth-order valence-corrected chi connectivity index (χ4v) is 2.19. The standard InChI is InChI=1S/C15H18N4O4/c1-16-19(15(21)22-10-9-20)13(14-6-8-18-23-14)5-4-12-3-2-7-17-11-12/h2-3,6-9,11,13,16H,4-5,10H2,1H3. The minimum atomic E-state index is -0.660. The zero-order valence-corrected chi connectivity index (χ0v) is 12.7. The summed E-state index contributed by atoms with van der Waals surface area (Å²) < 4.78 is 10.1. The van der Waals surface area contributed by atoms with Crippen LogP contribution in [0.3, 0.4) is 0 Å². The van der Waals surface area contributed by atoms with E-state index in [1.165, 1.54) is 11.2 Å². The molecule has 1 N–H and O–H groups in total. The van der Waals surface area contributed by atoms with E-state index in [0.717, 1.165) is 5.56 Å². The molecule has 23 heavy (non-hydrogen) atoms. The van der Waals surface area contributed by atoms with E-state index in [2.05, 4.69) is 15.6 Å². The molecule has 0 saturated carbocycles. The molecular formula is C15H18N4O4. The van der Waals surface area contributed by atoms with Crippen molar-refractivity contribution in [1.29, 1.82) is 0 Å². The molecule has 2 aromatic heterocycles. The number of hydrogen-bond acceptors (Lipinski definition) is 7. The number of aldehydes is 1. The van der Waals surface area contributed by atoms with Crippen molar-refractivity contribution < 1.29 is 18.8 Å². The predicted octanol–water partition coefficient (Wildman–Crippen LogP) is 1.52. The molecule has 0 spiro atoms. The summed E-state index contributed by atoms with van der Waals surface area (Å²) in [4.78, 5) is 26.5. The maximum absolute atomic E-state index is 12.1. The summed E-state index contributed by atoms with van der Waals surface area (Å²) in [5, 5.41) is 4.96. The molecule has 122 valence electrons. The summed E-state index contributed by atoms with van der Waals surface area (Å²) >= 11 is 0. The lowest BCUT2D eigenvalue weighted by Gasteiger charge is -2.28. The first-order chi connectivity index (χ1) is 11.3. The van der Waals surface area contributed by atoms with Crippen LogP contribution in [-0.4, -0.2) is 41.2 Å². The smallest absolute Gasteiger partial charge is 0.425 e. The first-order valence-corrected chi connectivity index (χ1v) is 7.12. The van der Waals surface area contributed by atoms with Crippen molar-refractivity contribution in [3.63, 3.8) is 0 Å². The van der Waals surface area contributed by atoms with Crippen molar-refractivity contribution in [2.24, 2.45) is 0 Å². The Morgan fingerprint density at radius 2 is 2.35 bits per heavy atom. The summed E-state index contributed by atoms with van der Waals surface area (Å²) in [7, 11) is 1.59. The van der Waals surface area contributed by atoms with Crippen LogP contribution in [0.25, 0.3) is 0 Å². The number of nitrogens with zero attached hydrogens (tertiary/aromatic N) is 3. The van der Waals surface area contributed by atoms with E-state index >= 15 is 0 Å². The summed E-state index contributed by atoms with van der Waals surface area (Å²) in [5.74, 6) is 0.520. The van der Waals surface area contributed by atoms with Crippen molar-refractivity contribution in [1.82, 2.24) is 20.6 Å². The van der Waals surface area contributed by atoms with Crippen LogP contribution in [0.1, 0.15) is 23.8 Å². The van der Waals surface area contributed by atoms with Gasteiger partial charge in [-0.1, -0.05) is 11.2 Å². The molecule has 2 aromatic rings. The SMILES string of the molecule is CNN(C(=O)OCC=O)C(CCc1cccnc1)c1ccno1. The Hall–Kier alpha value is -2.74. The van der Waals surface area contributed by atoms with Crippen molar-refractivity contribution in [3.8, 4) is 0 Å². The molecule has 0 bridgehead atoms. The highest BCUT2D eigenvalue weighted by Gasteiger charge is 2.28. The molecule has 2 rings (SSSR count). The predicted molar refractivity (Wildman–Crippen MR) is 80.1 cm³/mol. The highest BCUT2D eigenvalue weighted by Crippen LogP contribution is 2.25. The van der Waals surface area contributed by atoms with Gasteiger partial charge < -0.3 is 9.26 Å². The molecular weight excluding hydrogens is 300 g/mol. The molecule has 1 atom stereocenters. The van der Waals surface area contributed by atoms with Crippen LogP contribution in [0.4, 0.5) is 4.79 Å². The third kappa shape index (κ3) is 4.62. The van der Waals surface area contributed by atoms with E-state index in [9.17, 15) is 9.59 Å². The topological polar surface area (TPSA) is 97.6 Å². The Morgan fingerprint density at radius 3 is 2.96 bits per heavy atom. The molecule has 8 heteroatoms. The number of hydrazine groups is 1. The number of pyridine rings is 1. The number of aromatic nitrogens is 2. The molecule has 0 aliphatic carbocycles. The first kappa shape index (κ1) is 16.6. The highest BCUT2D eigenvalue weighted by atomic mass is 16.6. The van der Waals surface area contributed by atoms with Gasteiger partial charge in [0.2, 0.25) is 0 Å². The van der Waals surface area contributed by atoms with Gasteiger partial charge in [0, 0.05) is 25.5 Å². The average molecular weight is 318 g/mol. The summed E-state index contributed by atoms with van der Waals surface area (Å²) in [6.45, 7) is -0.303. The minimum absolute atomic E-state index is 0.303. The quantitative estimate of drug-likeness (QED) is 0.582. The van der Waals surface area contributed by atoms with Gasteiger partial charge >= 0.3 is 6.09 Å². The lowest BCUT2D eigenvalue weighted by Crippen LogP contribution is -2.44. The van der Waals surface area contributed by atoms with Gasteiger partial charge in [-0.2, -0.15) is 0 Å². The molecule has 0 aliphatic heterocycles. The Morgan fingerprint density at radius 1 is 1.48 bits per heavy atom. The van der Waals surface area contributed by atoms with Crippen molar-refractivity contribution in [2.75, 3.05) is 13.7 Å². The fourth-order valence-electron chi connectivity index (χ4n) is 2.19.